The van der Waals surface area contributed by atoms with Crippen molar-refractivity contribution in [1.29, 1.82) is 5.26 Å². The zero-order valence-electron chi connectivity index (χ0n) is 22.6. The van der Waals surface area contributed by atoms with E-state index in [9.17, 15) is 13.2 Å². The van der Waals surface area contributed by atoms with Crippen LogP contribution in [-0.4, -0.2) is 47.1 Å². The lowest BCUT2D eigenvalue weighted by Crippen LogP contribution is -2.40. The monoisotopic (exact) mass is 562 g/mol. The third kappa shape index (κ3) is 5.49. The number of carbonyl (C=O) groups is 1. The molecule has 5 rings (SSSR count). The second-order valence-corrected chi connectivity index (χ2v) is 18.9. The van der Waals surface area contributed by atoms with Gasteiger partial charge in [-0.05, 0) is 49.8 Å². The lowest BCUT2D eigenvalue weighted by Gasteiger charge is -2.30. The maximum absolute atomic E-state index is 13.5. The predicted molar refractivity (Wildman–Crippen MR) is 153 cm³/mol. The van der Waals surface area contributed by atoms with Crippen molar-refractivity contribution in [3.63, 3.8) is 0 Å². The largest absolute Gasteiger partial charge is 0.359 e. The Morgan fingerprint density at radius 1 is 1.13 bits per heavy atom. The molecule has 0 spiro atoms. The molecule has 0 unspecified atom stereocenters. The summed E-state index contributed by atoms with van der Waals surface area (Å²) >= 11 is 0. The highest BCUT2D eigenvalue weighted by atomic mass is 32.2. The van der Waals surface area contributed by atoms with Crippen molar-refractivity contribution in [2.75, 3.05) is 6.17 Å². The van der Waals surface area contributed by atoms with Gasteiger partial charge in [-0.1, -0.05) is 37.8 Å². The van der Waals surface area contributed by atoms with Gasteiger partial charge < -0.3 is 9.88 Å². The summed E-state index contributed by atoms with van der Waals surface area (Å²) in [5.74, 6) is 0.971. The molecule has 1 aliphatic rings. The van der Waals surface area contributed by atoms with Gasteiger partial charge in [0.2, 0.25) is 5.91 Å². The minimum atomic E-state index is -3.84. The van der Waals surface area contributed by atoms with Gasteiger partial charge in [-0.2, -0.15) is 5.26 Å². The molecule has 1 amide bonds. The lowest BCUT2D eigenvalue weighted by molar-refractivity contribution is -0.120. The van der Waals surface area contributed by atoms with Crippen LogP contribution < -0.4 is 5.32 Å². The molecule has 1 saturated carbocycles. The number of nitrogens with one attached hydrogen (secondary N) is 1. The van der Waals surface area contributed by atoms with Gasteiger partial charge in [0.15, 0.2) is 5.65 Å². The maximum Gasteiger partial charge on any atom is 0.269 e. The van der Waals surface area contributed by atoms with Gasteiger partial charge in [-0.15, -0.1) is 0 Å². The Morgan fingerprint density at radius 2 is 1.85 bits per heavy atom. The normalized spacial score (nSPS) is 18.3. The minimum Gasteiger partial charge on any atom is -0.359 e. The van der Waals surface area contributed by atoms with E-state index in [1.54, 1.807) is 48.8 Å². The number of hydrogen-bond acceptors (Lipinski definition) is 6. The van der Waals surface area contributed by atoms with Crippen molar-refractivity contribution >= 4 is 46.1 Å². The van der Waals surface area contributed by atoms with Crippen LogP contribution in [0.5, 0.6) is 0 Å². The summed E-state index contributed by atoms with van der Waals surface area (Å²) in [5, 5.41) is 12.9. The number of amides is 1. The van der Waals surface area contributed by atoms with E-state index in [-0.39, 0.29) is 23.3 Å². The molecule has 0 atom stereocenters. The highest BCUT2D eigenvalue weighted by Crippen LogP contribution is 2.38. The number of benzene rings is 1. The third-order valence-corrected chi connectivity index (χ3v) is 10.3. The second kappa shape index (κ2) is 10.6. The van der Waals surface area contributed by atoms with Crippen molar-refractivity contribution in [1.82, 2.24) is 23.8 Å². The van der Waals surface area contributed by atoms with Crippen molar-refractivity contribution < 1.29 is 13.2 Å². The van der Waals surface area contributed by atoms with Crippen LogP contribution in [0.25, 0.3) is 22.1 Å². The number of hydrogen-bond donors (Lipinski definition) is 1. The first kappa shape index (κ1) is 27.1. The molecule has 0 aliphatic heterocycles. The standard InChI is InChI=1S/C28H34N6O3SSi/c1-39(2,3)19-31-26(35)17-25-32-24-18-30-28-23(14-16-33(28)38(36,37)22-7-5-4-6-8-22)27(24)34(25)21-11-9-20(10-12-21)13-15-29/h4-8,14,16,18,20-21H,9-13,17,19H2,1-3H3,(H,31,35). The van der Waals surface area contributed by atoms with Crippen LogP contribution >= 0.6 is 0 Å². The van der Waals surface area contributed by atoms with Gasteiger partial charge in [0.25, 0.3) is 10.0 Å². The van der Waals surface area contributed by atoms with Crippen LogP contribution in [0.15, 0.2) is 53.7 Å². The van der Waals surface area contributed by atoms with Gasteiger partial charge in [0, 0.05) is 30.2 Å². The first-order chi connectivity index (χ1) is 18.6. The average Bonchev–Trinajstić information content (AvgIpc) is 3.50. The molecule has 4 aromatic rings. The van der Waals surface area contributed by atoms with Crippen molar-refractivity contribution in [2.24, 2.45) is 5.92 Å². The Morgan fingerprint density at radius 3 is 2.51 bits per heavy atom. The van der Waals surface area contributed by atoms with Gasteiger partial charge in [-0.25, -0.2) is 22.4 Å². The van der Waals surface area contributed by atoms with Gasteiger partial charge in [0.05, 0.1) is 37.2 Å². The number of fused-ring (bicyclic) bond motifs is 3. The van der Waals surface area contributed by atoms with Crippen LogP contribution in [0.4, 0.5) is 0 Å². The number of aromatic nitrogens is 4. The lowest BCUT2D eigenvalue weighted by atomic mass is 9.84. The molecule has 1 aliphatic carbocycles. The Hall–Kier alpha value is -3.49. The van der Waals surface area contributed by atoms with E-state index in [0.717, 1.165) is 31.2 Å². The van der Waals surface area contributed by atoms with E-state index in [0.29, 0.717) is 40.9 Å². The quantitative estimate of drug-likeness (QED) is 0.308. The van der Waals surface area contributed by atoms with Gasteiger partial charge in [-0.3, -0.25) is 4.79 Å². The molecule has 1 aromatic carbocycles. The Balaban J connectivity index is 1.60. The van der Waals surface area contributed by atoms with Gasteiger partial charge >= 0.3 is 0 Å². The van der Waals surface area contributed by atoms with E-state index in [1.807, 2.05) is 0 Å². The summed E-state index contributed by atoms with van der Waals surface area (Å²) in [7, 11) is -5.31. The predicted octanol–water partition coefficient (Wildman–Crippen LogP) is 4.80. The molecule has 204 valence electrons. The Kier molecular flexibility index (Phi) is 7.35. The number of nitrogens with zero attached hydrogens (tertiary/aromatic N) is 5. The van der Waals surface area contributed by atoms with Crippen molar-refractivity contribution in [3.8, 4) is 6.07 Å². The van der Waals surface area contributed by atoms with Crippen molar-refractivity contribution in [3.05, 3.63) is 54.6 Å². The second-order valence-electron chi connectivity index (χ2n) is 11.6. The number of nitriles is 1. The van der Waals surface area contributed by atoms with E-state index >= 15 is 0 Å². The van der Waals surface area contributed by atoms with Crippen LogP contribution in [0.1, 0.15) is 44.0 Å². The highest BCUT2D eigenvalue weighted by molar-refractivity contribution is 7.90. The molecule has 0 saturated heterocycles. The molecule has 9 nitrogen and oxygen atoms in total. The molecule has 1 fully saturated rings. The maximum atomic E-state index is 13.5. The minimum absolute atomic E-state index is 0.0689. The van der Waals surface area contributed by atoms with E-state index in [2.05, 4.69) is 40.6 Å². The third-order valence-electron chi connectivity index (χ3n) is 7.40. The zero-order valence-corrected chi connectivity index (χ0v) is 24.4. The average molecular weight is 563 g/mol. The zero-order chi connectivity index (χ0) is 27.8. The molecule has 3 heterocycles. The molecule has 1 N–H and O–H groups in total. The van der Waals surface area contributed by atoms with Crippen LogP contribution in [0.3, 0.4) is 0 Å². The van der Waals surface area contributed by atoms with E-state index in [1.165, 1.54) is 3.97 Å². The van der Waals surface area contributed by atoms with Crippen LogP contribution in [0, 0.1) is 17.2 Å². The fourth-order valence-electron chi connectivity index (χ4n) is 5.42. The molecule has 39 heavy (non-hydrogen) atoms. The molecule has 11 heteroatoms. The fraction of sp³-hybridized carbons (Fsp3) is 0.429. The topological polar surface area (TPSA) is 123 Å². The number of imidazole rings is 1. The summed E-state index contributed by atoms with van der Waals surface area (Å²) in [6, 6.07) is 12.5. The fourth-order valence-corrected chi connectivity index (χ4v) is 7.47. The van der Waals surface area contributed by atoms with Gasteiger partial charge in [0.1, 0.15) is 11.3 Å². The Bertz CT molecular complexity index is 1660. The van der Waals surface area contributed by atoms with E-state index in [4.69, 9.17) is 10.2 Å². The molecule has 3 aromatic heterocycles. The van der Waals surface area contributed by atoms with Crippen molar-refractivity contribution in [2.45, 2.75) is 69.1 Å². The summed E-state index contributed by atoms with van der Waals surface area (Å²) in [6.45, 7) is 6.62. The number of carbonyl (C=O) groups excluding carboxylic acids is 1. The van der Waals surface area contributed by atoms with Crippen LogP contribution in [0.2, 0.25) is 19.6 Å². The Labute approximate surface area is 229 Å². The summed E-state index contributed by atoms with van der Waals surface area (Å²) < 4.78 is 30.3. The number of rotatable bonds is 8. The number of pyridine rings is 1. The summed E-state index contributed by atoms with van der Waals surface area (Å²) in [4.78, 5) is 22.5. The first-order valence-electron chi connectivity index (χ1n) is 13.4. The highest BCUT2D eigenvalue weighted by Gasteiger charge is 2.29. The van der Waals surface area contributed by atoms with E-state index < -0.39 is 18.1 Å². The molecule has 0 radical (unpaired) electrons. The smallest absolute Gasteiger partial charge is 0.269 e. The molecular formula is C28H34N6O3SSi. The first-order valence-corrected chi connectivity index (χ1v) is 18.5. The molecule has 0 bridgehead atoms. The van der Waals surface area contributed by atoms with Crippen LogP contribution in [-0.2, 0) is 21.2 Å². The molecular weight excluding hydrogens is 529 g/mol. The summed E-state index contributed by atoms with van der Waals surface area (Å²) in [5.41, 5.74) is 1.78. The summed E-state index contributed by atoms with van der Waals surface area (Å²) in [6.07, 6.45) is 8.13. The SMILES string of the molecule is C[Si](C)(C)CNC(=O)Cc1nc2cnc3c(ccn3S(=O)(=O)c3ccccc3)c2n1C1CCC(CC#N)CC1.